The third-order valence-electron chi connectivity index (χ3n) is 4.04. The van der Waals surface area contributed by atoms with Crippen LogP contribution in [0.1, 0.15) is 12.8 Å². The van der Waals surface area contributed by atoms with Gasteiger partial charge in [-0.2, -0.15) is 4.39 Å². The van der Waals surface area contributed by atoms with Crippen LogP contribution in [0.5, 0.6) is 0 Å². The number of amides is 1. The van der Waals surface area contributed by atoms with Crippen molar-refractivity contribution in [1.29, 1.82) is 0 Å². The lowest BCUT2D eigenvalue weighted by atomic mass is 9.97. The van der Waals surface area contributed by atoms with E-state index in [-0.39, 0.29) is 17.5 Å². The van der Waals surface area contributed by atoms with Crippen LogP contribution in [-0.2, 0) is 4.79 Å². The first kappa shape index (κ1) is 16.7. The molecule has 0 aliphatic carbocycles. The summed E-state index contributed by atoms with van der Waals surface area (Å²) >= 11 is 0. The van der Waals surface area contributed by atoms with Crippen LogP contribution in [-0.4, -0.2) is 33.9 Å². The Morgan fingerprint density at radius 2 is 2.12 bits per heavy atom. The van der Waals surface area contributed by atoms with Gasteiger partial charge in [-0.05, 0) is 31.0 Å². The maximum atomic E-state index is 13.4. The summed E-state index contributed by atoms with van der Waals surface area (Å²) in [5.41, 5.74) is -0.466. The molecular weight excluding hydrogens is 329 g/mol. The van der Waals surface area contributed by atoms with Crippen LogP contribution in [0.15, 0.2) is 36.7 Å². The monoisotopic (exact) mass is 345 g/mol. The van der Waals surface area contributed by atoms with Gasteiger partial charge in [0.15, 0.2) is 0 Å². The summed E-state index contributed by atoms with van der Waals surface area (Å²) in [7, 11) is 0. The number of halogens is 1. The predicted molar refractivity (Wildman–Crippen MR) is 88.7 cm³/mol. The van der Waals surface area contributed by atoms with Crippen molar-refractivity contribution in [1.82, 2.24) is 9.97 Å². The minimum Gasteiger partial charge on any atom is -0.340 e. The van der Waals surface area contributed by atoms with Gasteiger partial charge in [0, 0.05) is 37.2 Å². The normalized spacial score (nSPS) is 17.2. The van der Waals surface area contributed by atoms with E-state index in [1.165, 1.54) is 6.07 Å². The van der Waals surface area contributed by atoms with Crippen molar-refractivity contribution >= 4 is 23.2 Å². The lowest BCUT2D eigenvalue weighted by Crippen LogP contribution is -2.41. The molecule has 0 radical (unpaired) electrons. The standard InChI is InChI=1S/C16H16FN5O3/c17-13-5-4-12(9-14(13)22(24)25)20-15(23)11-3-1-8-21(10-11)16-18-6-2-7-19-16/h2,4-7,9,11H,1,3,8,10H2,(H,20,23). The average molecular weight is 345 g/mol. The van der Waals surface area contributed by atoms with Crippen molar-refractivity contribution in [3.05, 3.63) is 52.6 Å². The molecular formula is C16H16FN5O3. The van der Waals surface area contributed by atoms with E-state index in [1.807, 2.05) is 4.90 Å². The second kappa shape index (κ2) is 7.20. The van der Waals surface area contributed by atoms with Gasteiger partial charge in [-0.3, -0.25) is 14.9 Å². The Morgan fingerprint density at radius 3 is 2.84 bits per heavy atom. The van der Waals surface area contributed by atoms with Crippen LogP contribution in [0.4, 0.5) is 21.7 Å². The minimum atomic E-state index is -0.937. The van der Waals surface area contributed by atoms with Gasteiger partial charge < -0.3 is 10.2 Å². The maximum Gasteiger partial charge on any atom is 0.306 e. The number of aromatic nitrogens is 2. The van der Waals surface area contributed by atoms with Crippen molar-refractivity contribution in [3.63, 3.8) is 0 Å². The number of piperidine rings is 1. The minimum absolute atomic E-state index is 0.200. The number of nitrogens with one attached hydrogen (secondary N) is 1. The Bertz CT molecular complexity index is 787. The highest BCUT2D eigenvalue weighted by atomic mass is 19.1. The van der Waals surface area contributed by atoms with Gasteiger partial charge in [-0.1, -0.05) is 0 Å². The quantitative estimate of drug-likeness (QED) is 0.674. The van der Waals surface area contributed by atoms with E-state index < -0.39 is 16.4 Å². The van der Waals surface area contributed by atoms with Gasteiger partial charge in [0.2, 0.25) is 17.7 Å². The summed E-state index contributed by atoms with van der Waals surface area (Å²) in [5.74, 6) is -0.936. The molecule has 130 valence electrons. The maximum absolute atomic E-state index is 13.4. The Balaban J connectivity index is 1.69. The van der Waals surface area contributed by atoms with Crippen molar-refractivity contribution in [2.75, 3.05) is 23.3 Å². The molecule has 9 heteroatoms. The highest BCUT2D eigenvalue weighted by molar-refractivity contribution is 5.93. The second-order valence-corrected chi connectivity index (χ2v) is 5.75. The van der Waals surface area contributed by atoms with Crippen LogP contribution in [0.2, 0.25) is 0 Å². The first-order valence-electron chi connectivity index (χ1n) is 7.81. The van der Waals surface area contributed by atoms with Crippen LogP contribution in [0.25, 0.3) is 0 Å². The molecule has 1 aromatic carbocycles. The number of hydrogen-bond acceptors (Lipinski definition) is 6. The van der Waals surface area contributed by atoms with Gasteiger partial charge in [-0.15, -0.1) is 0 Å². The molecule has 0 saturated carbocycles. The molecule has 0 spiro atoms. The third kappa shape index (κ3) is 3.87. The SMILES string of the molecule is O=C(Nc1ccc(F)c([N+](=O)[O-])c1)C1CCCN(c2ncccn2)C1. The topological polar surface area (TPSA) is 101 Å². The zero-order chi connectivity index (χ0) is 17.8. The molecule has 8 nitrogen and oxygen atoms in total. The van der Waals surface area contributed by atoms with E-state index in [9.17, 15) is 19.3 Å². The molecule has 1 fully saturated rings. The number of nitrogens with zero attached hydrogens (tertiary/aromatic N) is 4. The lowest BCUT2D eigenvalue weighted by molar-refractivity contribution is -0.387. The first-order valence-corrected chi connectivity index (χ1v) is 7.81. The van der Waals surface area contributed by atoms with Crippen molar-refractivity contribution in [2.24, 2.45) is 5.92 Å². The molecule has 1 N–H and O–H groups in total. The number of benzene rings is 1. The highest BCUT2D eigenvalue weighted by Crippen LogP contribution is 2.24. The highest BCUT2D eigenvalue weighted by Gasteiger charge is 2.27. The fourth-order valence-corrected chi connectivity index (χ4v) is 2.80. The lowest BCUT2D eigenvalue weighted by Gasteiger charge is -2.31. The summed E-state index contributed by atoms with van der Waals surface area (Å²) in [6.45, 7) is 1.22. The molecule has 1 atom stereocenters. The number of hydrogen-bond donors (Lipinski definition) is 1. The van der Waals surface area contributed by atoms with E-state index in [4.69, 9.17) is 0 Å². The summed E-state index contributed by atoms with van der Waals surface area (Å²) in [6.07, 6.45) is 4.78. The van der Waals surface area contributed by atoms with Crippen molar-refractivity contribution < 1.29 is 14.1 Å². The molecule has 1 unspecified atom stereocenters. The second-order valence-electron chi connectivity index (χ2n) is 5.75. The fraction of sp³-hybridized carbons (Fsp3) is 0.312. The number of nitro benzene ring substituents is 1. The number of nitro groups is 1. The number of carbonyl (C=O) groups is 1. The molecule has 3 rings (SSSR count). The van der Waals surface area contributed by atoms with Gasteiger partial charge in [0.25, 0.3) is 0 Å². The smallest absolute Gasteiger partial charge is 0.306 e. The van der Waals surface area contributed by atoms with Gasteiger partial charge in [0.1, 0.15) is 0 Å². The van der Waals surface area contributed by atoms with Crippen LogP contribution >= 0.6 is 0 Å². The molecule has 2 aromatic rings. The van der Waals surface area contributed by atoms with Crippen LogP contribution in [0.3, 0.4) is 0 Å². The first-order chi connectivity index (χ1) is 12.0. The van der Waals surface area contributed by atoms with Crippen molar-refractivity contribution in [3.8, 4) is 0 Å². The zero-order valence-electron chi connectivity index (χ0n) is 13.3. The third-order valence-corrected chi connectivity index (χ3v) is 4.04. The Morgan fingerprint density at radius 1 is 1.36 bits per heavy atom. The van der Waals surface area contributed by atoms with Crippen LogP contribution in [0, 0.1) is 21.8 Å². The molecule has 0 bridgehead atoms. The Labute approximate surface area is 142 Å². The van der Waals surface area contributed by atoms with E-state index in [2.05, 4.69) is 15.3 Å². The molecule has 1 aliphatic heterocycles. The summed E-state index contributed by atoms with van der Waals surface area (Å²) in [4.78, 5) is 32.7. The largest absolute Gasteiger partial charge is 0.340 e. The molecule has 2 heterocycles. The van der Waals surface area contributed by atoms with Gasteiger partial charge in [-0.25, -0.2) is 9.97 Å². The number of anilines is 2. The van der Waals surface area contributed by atoms with E-state index in [0.29, 0.717) is 18.9 Å². The molecule has 25 heavy (non-hydrogen) atoms. The molecule has 1 aliphatic rings. The van der Waals surface area contributed by atoms with Gasteiger partial charge in [0.05, 0.1) is 10.8 Å². The van der Waals surface area contributed by atoms with Crippen molar-refractivity contribution in [2.45, 2.75) is 12.8 Å². The molecule has 1 saturated heterocycles. The molecule has 1 aromatic heterocycles. The van der Waals surface area contributed by atoms with Gasteiger partial charge >= 0.3 is 5.69 Å². The van der Waals surface area contributed by atoms with E-state index >= 15 is 0 Å². The Hall–Kier alpha value is -3.10. The predicted octanol–water partition coefficient (Wildman–Crippen LogP) is 2.38. The van der Waals surface area contributed by atoms with Crippen LogP contribution < -0.4 is 10.2 Å². The average Bonchev–Trinajstić information content (AvgIpc) is 2.64. The molecule has 1 amide bonds. The zero-order valence-corrected chi connectivity index (χ0v) is 13.3. The van der Waals surface area contributed by atoms with E-state index in [0.717, 1.165) is 25.1 Å². The van der Waals surface area contributed by atoms with E-state index in [1.54, 1.807) is 18.5 Å². The fourth-order valence-electron chi connectivity index (χ4n) is 2.80. The summed E-state index contributed by atoms with van der Waals surface area (Å²) < 4.78 is 13.4. The summed E-state index contributed by atoms with van der Waals surface area (Å²) in [5, 5.41) is 13.4. The number of rotatable bonds is 4. The Kier molecular flexibility index (Phi) is 4.82. The number of carbonyl (C=O) groups excluding carboxylic acids is 1. The summed E-state index contributed by atoms with van der Waals surface area (Å²) in [6, 6.07) is 5.02.